The second-order valence-electron chi connectivity index (χ2n) is 3.32. The molecule has 1 aliphatic heterocycles. The van der Waals surface area contributed by atoms with Crippen LogP contribution in [0.2, 0.25) is 0 Å². The summed E-state index contributed by atoms with van der Waals surface area (Å²) in [6, 6.07) is 0.976. The normalized spacial score (nSPS) is 17.1. The maximum absolute atomic E-state index is 13.5. The Balaban J connectivity index is 2.51. The molecule has 0 unspecified atom stereocenters. The highest BCUT2D eigenvalue weighted by atomic mass is 19.2. The molecule has 1 aliphatic rings. The highest BCUT2D eigenvalue weighted by Gasteiger charge is 2.27. The Hall–Kier alpha value is -1.60. The van der Waals surface area contributed by atoms with E-state index in [9.17, 15) is 13.2 Å². The molecule has 1 fully saturated rings. The lowest BCUT2D eigenvalue weighted by molar-refractivity contribution is -0.0469. The van der Waals surface area contributed by atoms with Gasteiger partial charge in [0.1, 0.15) is 0 Å². The van der Waals surface area contributed by atoms with Gasteiger partial charge in [0, 0.05) is 11.1 Å². The summed E-state index contributed by atoms with van der Waals surface area (Å²) in [7, 11) is 0. The minimum Gasteiger partial charge on any atom is -0.411 e. The van der Waals surface area contributed by atoms with Gasteiger partial charge in [0.05, 0.1) is 19.4 Å². The van der Waals surface area contributed by atoms with Gasteiger partial charge in [-0.05, 0) is 6.07 Å². The lowest BCUT2D eigenvalue weighted by Crippen LogP contribution is -2.08. The van der Waals surface area contributed by atoms with Crippen LogP contribution >= 0.6 is 0 Å². The molecule has 92 valence electrons. The van der Waals surface area contributed by atoms with E-state index in [-0.39, 0.29) is 24.3 Å². The Kier molecular flexibility index (Phi) is 3.30. The van der Waals surface area contributed by atoms with Crippen molar-refractivity contribution in [2.45, 2.75) is 6.29 Å². The van der Waals surface area contributed by atoms with Gasteiger partial charge in [0.25, 0.3) is 0 Å². The van der Waals surface area contributed by atoms with Crippen LogP contribution in [0.3, 0.4) is 0 Å². The van der Waals surface area contributed by atoms with E-state index in [2.05, 4.69) is 5.16 Å². The van der Waals surface area contributed by atoms with Gasteiger partial charge in [-0.1, -0.05) is 5.16 Å². The van der Waals surface area contributed by atoms with E-state index in [1.165, 1.54) is 0 Å². The van der Waals surface area contributed by atoms with Crippen LogP contribution in [0.5, 0.6) is 0 Å². The number of hydrogen-bond acceptors (Lipinski definition) is 4. The average molecular weight is 247 g/mol. The molecule has 1 aromatic carbocycles. The fraction of sp³-hybridized carbons (Fsp3) is 0.300. The monoisotopic (exact) mass is 247 g/mol. The first kappa shape index (κ1) is 11.9. The number of oxime groups is 1. The summed E-state index contributed by atoms with van der Waals surface area (Å²) in [5.74, 6) is -4.46. The van der Waals surface area contributed by atoms with Crippen LogP contribution in [0.1, 0.15) is 17.4 Å². The van der Waals surface area contributed by atoms with Crippen LogP contribution in [0.25, 0.3) is 0 Å². The van der Waals surface area contributed by atoms with Crippen LogP contribution in [0.4, 0.5) is 13.2 Å². The maximum atomic E-state index is 13.5. The van der Waals surface area contributed by atoms with Gasteiger partial charge in [-0.2, -0.15) is 0 Å². The van der Waals surface area contributed by atoms with E-state index >= 15 is 0 Å². The Morgan fingerprint density at radius 2 is 1.82 bits per heavy atom. The molecule has 0 bridgehead atoms. The van der Waals surface area contributed by atoms with Crippen LogP contribution in [0, 0.1) is 17.5 Å². The zero-order valence-electron chi connectivity index (χ0n) is 8.49. The third kappa shape index (κ3) is 2.11. The highest BCUT2D eigenvalue weighted by molar-refractivity contribution is 5.79. The van der Waals surface area contributed by atoms with E-state index in [1.807, 2.05) is 0 Å². The van der Waals surface area contributed by atoms with Gasteiger partial charge in [-0.3, -0.25) is 0 Å². The van der Waals surface area contributed by atoms with Crippen molar-refractivity contribution >= 4 is 6.21 Å². The number of rotatable bonds is 2. The van der Waals surface area contributed by atoms with Crippen LogP contribution < -0.4 is 0 Å². The first-order valence-electron chi connectivity index (χ1n) is 4.73. The molecule has 4 nitrogen and oxygen atoms in total. The van der Waals surface area contributed by atoms with Crippen molar-refractivity contribution in [2.75, 3.05) is 13.2 Å². The molecule has 2 rings (SSSR count). The van der Waals surface area contributed by atoms with Crippen molar-refractivity contribution in [1.82, 2.24) is 0 Å². The maximum Gasteiger partial charge on any atom is 0.195 e. The van der Waals surface area contributed by atoms with Crippen molar-refractivity contribution in [1.29, 1.82) is 0 Å². The van der Waals surface area contributed by atoms with Crippen molar-refractivity contribution in [3.63, 3.8) is 0 Å². The molecule has 0 aliphatic carbocycles. The summed E-state index contributed by atoms with van der Waals surface area (Å²) in [5, 5.41) is 10.9. The fourth-order valence-electron chi connectivity index (χ4n) is 1.51. The summed E-state index contributed by atoms with van der Waals surface area (Å²) in [6.07, 6.45) is -0.410. The molecule has 17 heavy (non-hydrogen) atoms. The van der Waals surface area contributed by atoms with Crippen LogP contribution in [0.15, 0.2) is 11.2 Å². The van der Waals surface area contributed by atoms with Gasteiger partial charge in [0.15, 0.2) is 23.7 Å². The molecule has 0 atom stereocenters. The fourth-order valence-corrected chi connectivity index (χ4v) is 1.51. The minimum absolute atomic E-state index is 0.243. The van der Waals surface area contributed by atoms with Crippen molar-refractivity contribution in [3.05, 3.63) is 34.6 Å². The van der Waals surface area contributed by atoms with E-state index in [0.29, 0.717) is 6.21 Å². The second kappa shape index (κ2) is 4.72. The van der Waals surface area contributed by atoms with E-state index in [0.717, 1.165) is 6.07 Å². The predicted octanol–water partition coefficient (Wildman–Crippen LogP) is 1.96. The Morgan fingerprint density at radius 3 is 2.41 bits per heavy atom. The largest absolute Gasteiger partial charge is 0.411 e. The van der Waals surface area contributed by atoms with Crippen molar-refractivity contribution < 1.29 is 27.9 Å². The Morgan fingerprint density at radius 1 is 1.18 bits per heavy atom. The van der Waals surface area contributed by atoms with Crippen molar-refractivity contribution in [2.24, 2.45) is 5.16 Å². The lowest BCUT2D eigenvalue weighted by Gasteiger charge is -2.12. The molecule has 1 heterocycles. The summed E-state index contributed by atoms with van der Waals surface area (Å²) >= 11 is 0. The standard InChI is InChI=1S/C10H8F3NO3/c11-7-5(4-14-15)3-6(8(12)9(7)13)10-16-1-2-17-10/h3-4,10,15H,1-2H2/b14-4+. The summed E-state index contributed by atoms with van der Waals surface area (Å²) < 4.78 is 49.9. The Labute approximate surface area is 94.3 Å². The second-order valence-corrected chi connectivity index (χ2v) is 3.32. The molecule has 7 heteroatoms. The molecule has 0 saturated carbocycles. The molecule has 0 radical (unpaired) electrons. The predicted molar refractivity (Wildman–Crippen MR) is 50.3 cm³/mol. The summed E-state index contributed by atoms with van der Waals surface area (Å²) in [6.45, 7) is 0.485. The van der Waals surface area contributed by atoms with Gasteiger partial charge in [-0.25, -0.2) is 13.2 Å². The molecule has 0 aromatic heterocycles. The van der Waals surface area contributed by atoms with Crippen LogP contribution in [-0.2, 0) is 9.47 Å². The van der Waals surface area contributed by atoms with Gasteiger partial charge in [0.2, 0.25) is 0 Å². The molecular weight excluding hydrogens is 239 g/mol. The van der Waals surface area contributed by atoms with Gasteiger partial charge >= 0.3 is 0 Å². The molecule has 1 N–H and O–H groups in total. The highest BCUT2D eigenvalue weighted by Crippen LogP contribution is 2.29. The topological polar surface area (TPSA) is 51.1 Å². The molecular formula is C10H8F3NO3. The zero-order valence-corrected chi connectivity index (χ0v) is 8.49. The van der Waals surface area contributed by atoms with E-state index in [4.69, 9.17) is 14.7 Å². The zero-order chi connectivity index (χ0) is 12.4. The SMILES string of the molecule is O/N=C/c1cc(C2OCCO2)c(F)c(F)c1F. The average Bonchev–Trinajstić information content (AvgIpc) is 2.83. The third-order valence-electron chi connectivity index (χ3n) is 2.28. The van der Waals surface area contributed by atoms with Crippen molar-refractivity contribution in [3.8, 4) is 0 Å². The number of ether oxygens (including phenoxy) is 2. The molecule has 1 aromatic rings. The molecule has 0 amide bonds. The van der Waals surface area contributed by atoms with E-state index < -0.39 is 23.7 Å². The van der Waals surface area contributed by atoms with E-state index in [1.54, 1.807) is 0 Å². The number of hydrogen-bond donors (Lipinski definition) is 1. The summed E-state index contributed by atoms with van der Waals surface area (Å²) in [5.41, 5.74) is -0.656. The van der Waals surface area contributed by atoms with Crippen LogP contribution in [-0.4, -0.2) is 24.6 Å². The molecule has 0 spiro atoms. The minimum atomic E-state index is -1.66. The third-order valence-corrected chi connectivity index (χ3v) is 2.28. The number of nitrogens with zero attached hydrogens (tertiary/aromatic N) is 1. The lowest BCUT2D eigenvalue weighted by atomic mass is 10.1. The first-order valence-corrected chi connectivity index (χ1v) is 4.73. The van der Waals surface area contributed by atoms with Gasteiger partial charge in [-0.15, -0.1) is 0 Å². The Bertz CT molecular complexity index is 459. The first-order chi connectivity index (χ1) is 8.15. The summed E-state index contributed by atoms with van der Waals surface area (Å²) in [4.78, 5) is 0. The molecule has 1 saturated heterocycles. The van der Waals surface area contributed by atoms with Gasteiger partial charge < -0.3 is 14.7 Å². The number of halogens is 3. The quantitative estimate of drug-likeness (QED) is 0.376. The smallest absolute Gasteiger partial charge is 0.195 e. The number of benzene rings is 1.